The maximum absolute atomic E-state index is 6.49. The molecule has 0 saturated heterocycles. The van der Waals surface area contributed by atoms with Crippen LogP contribution in [0.3, 0.4) is 0 Å². The average molecular weight is 413 g/mol. The van der Waals surface area contributed by atoms with Crippen LogP contribution < -0.4 is 4.74 Å². The molecule has 3 aromatic heterocycles. The average Bonchev–Trinajstić information content (AvgIpc) is 3.44. The quantitative estimate of drug-likeness (QED) is 0.590. The fourth-order valence-corrected chi connectivity index (χ4v) is 6.16. The van der Waals surface area contributed by atoms with Crippen molar-refractivity contribution < 1.29 is 9.15 Å². The lowest BCUT2D eigenvalue weighted by Gasteiger charge is -2.32. The van der Waals surface area contributed by atoms with Gasteiger partial charge in [-0.3, -0.25) is 0 Å². The highest BCUT2D eigenvalue weighted by Crippen LogP contribution is 2.47. The molecule has 0 aliphatic heterocycles. The second kappa shape index (κ2) is 8.03. The summed E-state index contributed by atoms with van der Waals surface area (Å²) in [6.07, 6.45) is 14.1. The number of aromatic nitrogens is 3. The van der Waals surface area contributed by atoms with E-state index in [1.807, 2.05) is 11.3 Å². The van der Waals surface area contributed by atoms with Gasteiger partial charge in [0.1, 0.15) is 23.5 Å². The first kappa shape index (κ1) is 19.0. The molecule has 0 aromatic carbocycles. The molecular formula is C22H28N4O2S. The Bertz CT molecular complexity index is 961. The minimum atomic E-state index is 0.257. The summed E-state index contributed by atoms with van der Waals surface area (Å²) >= 11 is 1.82. The molecule has 7 heteroatoms. The van der Waals surface area contributed by atoms with Crippen LogP contribution >= 0.6 is 11.3 Å². The predicted molar refractivity (Wildman–Crippen MR) is 114 cm³/mol. The molecule has 6 nitrogen and oxygen atoms in total. The van der Waals surface area contributed by atoms with Gasteiger partial charge < -0.3 is 14.1 Å². The molecule has 0 spiro atoms. The number of ether oxygens (including phenoxy) is 1. The summed E-state index contributed by atoms with van der Waals surface area (Å²) in [5, 5.41) is 1.16. The van der Waals surface area contributed by atoms with E-state index < -0.39 is 0 Å². The second-order valence-electron chi connectivity index (χ2n) is 8.51. The summed E-state index contributed by atoms with van der Waals surface area (Å²) in [6.45, 7) is 0. The van der Waals surface area contributed by atoms with Gasteiger partial charge in [0.05, 0.1) is 11.6 Å². The zero-order chi connectivity index (χ0) is 19.8. The van der Waals surface area contributed by atoms with Gasteiger partial charge >= 0.3 is 0 Å². The van der Waals surface area contributed by atoms with Gasteiger partial charge in [0.25, 0.3) is 0 Å². The molecule has 3 heterocycles. The van der Waals surface area contributed by atoms with Gasteiger partial charge in [0.2, 0.25) is 5.88 Å². The van der Waals surface area contributed by atoms with Gasteiger partial charge in [-0.2, -0.15) is 0 Å². The van der Waals surface area contributed by atoms with Crippen molar-refractivity contribution >= 4 is 21.6 Å². The third-order valence-corrected chi connectivity index (χ3v) is 7.71. The van der Waals surface area contributed by atoms with Gasteiger partial charge in [-0.15, -0.1) is 11.3 Å². The number of fused-ring (bicyclic) bond motifs is 3. The Morgan fingerprint density at radius 1 is 1.14 bits per heavy atom. The van der Waals surface area contributed by atoms with Crippen molar-refractivity contribution in [3.05, 3.63) is 35.1 Å². The molecule has 1 atom stereocenters. The number of thiophene rings is 1. The monoisotopic (exact) mass is 412 g/mol. The predicted octanol–water partition coefficient (Wildman–Crippen LogP) is 4.59. The van der Waals surface area contributed by atoms with Crippen molar-refractivity contribution in [2.24, 2.45) is 0 Å². The van der Waals surface area contributed by atoms with Crippen LogP contribution in [0.5, 0.6) is 5.88 Å². The van der Waals surface area contributed by atoms with E-state index in [0.29, 0.717) is 12.0 Å². The lowest BCUT2D eigenvalue weighted by Crippen LogP contribution is -2.35. The minimum Gasteiger partial charge on any atom is -0.474 e. The molecule has 0 amide bonds. The minimum absolute atomic E-state index is 0.257. The van der Waals surface area contributed by atoms with E-state index in [2.05, 4.69) is 33.9 Å². The first-order valence-electron chi connectivity index (χ1n) is 10.7. The van der Waals surface area contributed by atoms with Gasteiger partial charge in [0, 0.05) is 17.3 Å². The lowest BCUT2D eigenvalue weighted by molar-refractivity contribution is 0.108. The van der Waals surface area contributed by atoms with Crippen molar-refractivity contribution in [2.45, 2.75) is 69.4 Å². The fraction of sp³-hybridized carbons (Fsp3) is 0.591. The zero-order valence-electron chi connectivity index (χ0n) is 17.1. The van der Waals surface area contributed by atoms with Crippen molar-refractivity contribution in [1.29, 1.82) is 0 Å². The third-order valence-electron chi connectivity index (χ3n) is 6.54. The number of nitrogens with zero attached hydrogens (tertiary/aromatic N) is 4. The Kier molecular flexibility index (Phi) is 5.26. The summed E-state index contributed by atoms with van der Waals surface area (Å²) in [4.78, 5) is 18.3. The molecule has 2 aliphatic rings. The van der Waals surface area contributed by atoms with E-state index in [1.54, 1.807) is 18.8 Å². The fourth-order valence-electron chi connectivity index (χ4n) is 4.93. The topological polar surface area (TPSA) is 64.3 Å². The van der Waals surface area contributed by atoms with Crippen molar-refractivity contribution in [3.8, 4) is 5.88 Å². The van der Waals surface area contributed by atoms with Gasteiger partial charge in [-0.05, 0) is 70.5 Å². The van der Waals surface area contributed by atoms with E-state index in [0.717, 1.165) is 54.1 Å². The third kappa shape index (κ3) is 3.78. The van der Waals surface area contributed by atoms with Crippen molar-refractivity contribution in [3.63, 3.8) is 0 Å². The van der Waals surface area contributed by atoms with Gasteiger partial charge in [0.15, 0.2) is 5.89 Å². The molecule has 0 unspecified atom stereocenters. The van der Waals surface area contributed by atoms with Gasteiger partial charge in [-0.1, -0.05) is 0 Å². The van der Waals surface area contributed by atoms with Crippen molar-refractivity contribution in [1.82, 2.24) is 19.9 Å². The molecule has 3 aromatic rings. The highest BCUT2D eigenvalue weighted by Gasteiger charge is 2.31. The molecule has 5 rings (SSSR count). The summed E-state index contributed by atoms with van der Waals surface area (Å²) < 4.78 is 11.9. The SMILES string of the molecule is CN(C)C1CCC(Oc2ncnc3sc4c(c23)[C@@H](CCc2ncco2)CC4)CC1. The first-order valence-corrected chi connectivity index (χ1v) is 11.5. The molecule has 154 valence electrons. The van der Waals surface area contributed by atoms with Crippen LogP contribution in [0.1, 0.15) is 60.8 Å². The molecule has 1 saturated carbocycles. The maximum atomic E-state index is 6.49. The Hall–Kier alpha value is -1.99. The lowest BCUT2D eigenvalue weighted by atomic mass is 9.92. The largest absolute Gasteiger partial charge is 0.474 e. The van der Waals surface area contributed by atoms with Crippen LogP contribution in [0.25, 0.3) is 10.2 Å². The molecular weight excluding hydrogens is 384 g/mol. The summed E-state index contributed by atoms with van der Waals surface area (Å²) in [5.74, 6) is 2.12. The van der Waals surface area contributed by atoms with Crippen LogP contribution in [0.15, 0.2) is 23.2 Å². The van der Waals surface area contributed by atoms with E-state index in [9.17, 15) is 0 Å². The Morgan fingerprint density at radius 3 is 2.76 bits per heavy atom. The highest BCUT2D eigenvalue weighted by molar-refractivity contribution is 7.19. The maximum Gasteiger partial charge on any atom is 0.225 e. The van der Waals surface area contributed by atoms with E-state index in [4.69, 9.17) is 9.15 Å². The zero-order valence-corrected chi connectivity index (χ0v) is 18.0. The smallest absolute Gasteiger partial charge is 0.225 e. The Morgan fingerprint density at radius 2 is 2.00 bits per heavy atom. The molecule has 1 fully saturated rings. The summed E-state index contributed by atoms with van der Waals surface area (Å²) in [7, 11) is 4.35. The van der Waals surface area contributed by atoms with Crippen LogP contribution in [0.4, 0.5) is 0 Å². The van der Waals surface area contributed by atoms with Crippen LogP contribution in [-0.4, -0.2) is 46.1 Å². The Balaban J connectivity index is 1.37. The highest BCUT2D eigenvalue weighted by atomic mass is 32.1. The molecule has 0 bridgehead atoms. The van der Waals surface area contributed by atoms with Crippen molar-refractivity contribution in [2.75, 3.05) is 14.1 Å². The number of rotatable bonds is 6. The summed E-state index contributed by atoms with van der Waals surface area (Å²) in [5.41, 5.74) is 1.43. The van der Waals surface area contributed by atoms with Crippen LogP contribution in [0.2, 0.25) is 0 Å². The van der Waals surface area contributed by atoms with Crippen LogP contribution in [0, 0.1) is 0 Å². The van der Waals surface area contributed by atoms with E-state index in [1.165, 1.54) is 29.7 Å². The normalized spacial score (nSPS) is 24.3. The summed E-state index contributed by atoms with van der Waals surface area (Å²) in [6, 6.07) is 0.672. The Labute approximate surface area is 175 Å². The van der Waals surface area contributed by atoms with E-state index in [-0.39, 0.29) is 6.10 Å². The van der Waals surface area contributed by atoms with Crippen LogP contribution in [-0.2, 0) is 12.8 Å². The number of hydrogen-bond acceptors (Lipinski definition) is 7. The molecule has 29 heavy (non-hydrogen) atoms. The molecule has 0 N–H and O–H groups in total. The second-order valence-corrected chi connectivity index (χ2v) is 9.59. The number of aryl methyl sites for hydroxylation is 2. The standard InChI is InChI=1S/C22H28N4O2S/c1-26(2)15-5-7-16(8-6-15)28-21-20-19-14(4-10-18-23-11-12-27-18)3-9-17(19)29-22(20)25-13-24-21/h11-16H,3-10H2,1-2H3/t14-,15?,16?/m1/s1. The number of oxazole rings is 1. The molecule has 2 aliphatic carbocycles. The van der Waals surface area contributed by atoms with Gasteiger partial charge in [-0.25, -0.2) is 15.0 Å². The first-order chi connectivity index (χ1) is 14.2. The molecule has 0 radical (unpaired) electrons. The number of hydrogen-bond donors (Lipinski definition) is 0. The van der Waals surface area contributed by atoms with E-state index >= 15 is 0 Å².